The van der Waals surface area contributed by atoms with Crippen LogP contribution in [0.15, 0.2) is 72.9 Å². The van der Waals surface area contributed by atoms with E-state index < -0.39 is 0 Å². The number of ether oxygens (including phenoxy) is 1. The molecule has 0 amide bonds. The van der Waals surface area contributed by atoms with Gasteiger partial charge in [-0.25, -0.2) is 0 Å². The molecular formula is C25H26N2O. The zero-order chi connectivity index (χ0) is 19.3. The molecule has 3 aromatic carbocycles. The Morgan fingerprint density at radius 3 is 2.32 bits per heavy atom. The second kappa shape index (κ2) is 8.22. The molecule has 2 N–H and O–H groups in total. The van der Waals surface area contributed by atoms with Gasteiger partial charge in [0.2, 0.25) is 0 Å². The van der Waals surface area contributed by atoms with Crippen molar-refractivity contribution in [3.05, 3.63) is 84.1 Å². The zero-order valence-electron chi connectivity index (χ0n) is 16.5. The monoisotopic (exact) mass is 370 g/mol. The number of benzene rings is 3. The standard InChI is InChI=1S/C25H26N2O/c1-3-18-5-7-19(8-6-18)16-26-21-11-14-23-24(17-27-25(23)15-21)20-9-12-22(13-10-20)28-4-2/h5-15,17,26-27H,3-4,16H2,1-2H3. The van der Waals surface area contributed by atoms with Crippen molar-refractivity contribution in [3.63, 3.8) is 0 Å². The van der Waals surface area contributed by atoms with Crippen LogP contribution in [-0.2, 0) is 13.0 Å². The van der Waals surface area contributed by atoms with Gasteiger partial charge in [0.15, 0.2) is 0 Å². The van der Waals surface area contributed by atoms with Crippen LogP contribution in [0.2, 0.25) is 0 Å². The van der Waals surface area contributed by atoms with E-state index in [1.165, 1.54) is 27.6 Å². The summed E-state index contributed by atoms with van der Waals surface area (Å²) in [7, 11) is 0. The summed E-state index contributed by atoms with van der Waals surface area (Å²) in [6.45, 7) is 5.69. The number of anilines is 1. The summed E-state index contributed by atoms with van der Waals surface area (Å²) < 4.78 is 5.54. The quantitative estimate of drug-likeness (QED) is 0.394. The van der Waals surface area contributed by atoms with Crippen LogP contribution in [-0.4, -0.2) is 11.6 Å². The summed E-state index contributed by atoms with van der Waals surface area (Å²) in [4.78, 5) is 3.41. The minimum Gasteiger partial charge on any atom is -0.494 e. The second-order valence-electron chi connectivity index (χ2n) is 6.94. The highest BCUT2D eigenvalue weighted by Gasteiger charge is 2.07. The fraction of sp³-hybridized carbons (Fsp3) is 0.200. The molecule has 4 aromatic rings. The molecule has 142 valence electrons. The van der Waals surface area contributed by atoms with Crippen LogP contribution < -0.4 is 10.1 Å². The minimum absolute atomic E-state index is 0.685. The molecule has 0 fully saturated rings. The van der Waals surface area contributed by atoms with E-state index in [9.17, 15) is 0 Å². The Kier molecular flexibility index (Phi) is 5.34. The van der Waals surface area contributed by atoms with Crippen molar-refractivity contribution < 1.29 is 4.74 Å². The van der Waals surface area contributed by atoms with E-state index in [2.05, 4.69) is 78.0 Å². The lowest BCUT2D eigenvalue weighted by Crippen LogP contribution is -1.99. The number of hydrogen-bond acceptors (Lipinski definition) is 2. The maximum Gasteiger partial charge on any atom is 0.119 e. The van der Waals surface area contributed by atoms with Crippen molar-refractivity contribution in [1.29, 1.82) is 0 Å². The first-order chi connectivity index (χ1) is 13.8. The summed E-state index contributed by atoms with van der Waals surface area (Å²) in [5.74, 6) is 0.907. The first kappa shape index (κ1) is 18.2. The first-order valence-electron chi connectivity index (χ1n) is 9.93. The van der Waals surface area contributed by atoms with Crippen LogP contribution in [0, 0.1) is 0 Å². The number of nitrogens with one attached hydrogen (secondary N) is 2. The van der Waals surface area contributed by atoms with E-state index in [1.54, 1.807) is 0 Å². The first-order valence-corrected chi connectivity index (χ1v) is 9.93. The maximum absolute atomic E-state index is 5.54. The van der Waals surface area contributed by atoms with Gasteiger partial charge in [-0.2, -0.15) is 0 Å². The van der Waals surface area contributed by atoms with Gasteiger partial charge < -0.3 is 15.0 Å². The van der Waals surface area contributed by atoms with Crippen molar-refractivity contribution >= 4 is 16.6 Å². The average molecular weight is 370 g/mol. The fourth-order valence-corrected chi connectivity index (χ4v) is 3.47. The number of fused-ring (bicyclic) bond motifs is 1. The third-order valence-corrected chi connectivity index (χ3v) is 5.09. The topological polar surface area (TPSA) is 37.0 Å². The van der Waals surface area contributed by atoms with E-state index in [0.29, 0.717) is 6.61 Å². The zero-order valence-corrected chi connectivity index (χ0v) is 16.5. The van der Waals surface area contributed by atoms with E-state index in [0.717, 1.165) is 29.9 Å². The lowest BCUT2D eigenvalue weighted by Gasteiger charge is -2.08. The van der Waals surface area contributed by atoms with Crippen LogP contribution in [0.1, 0.15) is 25.0 Å². The molecule has 0 aliphatic heterocycles. The van der Waals surface area contributed by atoms with Crippen LogP contribution >= 0.6 is 0 Å². The van der Waals surface area contributed by atoms with Crippen molar-refractivity contribution in [2.24, 2.45) is 0 Å². The predicted molar refractivity (Wildman–Crippen MR) is 118 cm³/mol. The number of aromatic amines is 1. The van der Waals surface area contributed by atoms with E-state index in [-0.39, 0.29) is 0 Å². The molecule has 3 heteroatoms. The van der Waals surface area contributed by atoms with Gasteiger partial charge in [-0.1, -0.05) is 49.4 Å². The Balaban J connectivity index is 1.50. The van der Waals surface area contributed by atoms with Gasteiger partial charge in [0.1, 0.15) is 5.75 Å². The molecule has 0 unspecified atom stereocenters. The minimum atomic E-state index is 0.685. The molecule has 28 heavy (non-hydrogen) atoms. The highest BCUT2D eigenvalue weighted by molar-refractivity contribution is 5.97. The number of rotatable bonds is 7. The Hall–Kier alpha value is -3.20. The molecule has 0 bridgehead atoms. The molecule has 0 atom stereocenters. The van der Waals surface area contributed by atoms with Gasteiger partial charge in [-0.15, -0.1) is 0 Å². The van der Waals surface area contributed by atoms with Crippen molar-refractivity contribution in [2.45, 2.75) is 26.8 Å². The number of aromatic nitrogens is 1. The summed E-state index contributed by atoms with van der Waals surface area (Å²) in [5.41, 5.74) is 7.31. The molecular weight excluding hydrogens is 344 g/mol. The molecule has 1 aromatic heterocycles. The van der Waals surface area contributed by atoms with Crippen molar-refractivity contribution in [1.82, 2.24) is 4.98 Å². The van der Waals surface area contributed by atoms with Crippen LogP contribution in [0.25, 0.3) is 22.0 Å². The number of H-pyrrole nitrogens is 1. The average Bonchev–Trinajstić information content (AvgIpc) is 3.17. The third kappa shape index (κ3) is 3.89. The molecule has 0 radical (unpaired) electrons. The van der Waals surface area contributed by atoms with Crippen molar-refractivity contribution in [2.75, 3.05) is 11.9 Å². The van der Waals surface area contributed by atoms with Gasteiger partial charge in [0.25, 0.3) is 0 Å². The van der Waals surface area contributed by atoms with Gasteiger partial charge in [-0.3, -0.25) is 0 Å². The summed E-state index contributed by atoms with van der Waals surface area (Å²) in [5, 5.41) is 4.75. The lowest BCUT2D eigenvalue weighted by atomic mass is 10.0. The smallest absolute Gasteiger partial charge is 0.119 e. The molecule has 0 aliphatic carbocycles. The number of hydrogen-bond donors (Lipinski definition) is 2. The Bertz CT molecular complexity index is 1050. The fourth-order valence-electron chi connectivity index (χ4n) is 3.47. The lowest BCUT2D eigenvalue weighted by molar-refractivity contribution is 0.340. The number of aryl methyl sites for hydroxylation is 1. The highest BCUT2D eigenvalue weighted by Crippen LogP contribution is 2.31. The Labute approximate surface area is 166 Å². The third-order valence-electron chi connectivity index (χ3n) is 5.09. The van der Waals surface area contributed by atoms with Crippen LogP contribution in [0.5, 0.6) is 5.75 Å². The molecule has 3 nitrogen and oxygen atoms in total. The Morgan fingerprint density at radius 2 is 1.61 bits per heavy atom. The van der Waals surface area contributed by atoms with E-state index in [1.807, 2.05) is 19.1 Å². The second-order valence-corrected chi connectivity index (χ2v) is 6.94. The summed E-state index contributed by atoms with van der Waals surface area (Å²) in [6.07, 6.45) is 3.15. The van der Waals surface area contributed by atoms with Crippen LogP contribution in [0.3, 0.4) is 0 Å². The predicted octanol–water partition coefficient (Wildman–Crippen LogP) is 6.41. The normalized spacial score (nSPS) is 10.9. The van der Waals surface area contributed by atoms with E-state index >= 15 is 0 Å². The van der Waals surface area contributed by atoms with Gasteiger partial charge in [0, 0.05) is 34.9 Å². The maximum atomic E-state index is 5.54. The van der Waals surface area contributed by atoms with Gasteiger partial charge in [-0.05, 0) is 54.3 Å². The molecule has 4 rings (SSSR count). The van der Waals surface area contributed by atoms with Gasteiger partial charge in [0.05, 0.1) is 6.61 Å². The van der Waals surface area contributed by atoms with E-state index in [4.69, 9.17) is 4.74 Å². The highest BCUT2D eigenvalue weighted by atomic mass is 16.5. The molecule has 0 saturated carbocycles. The van der Waals surface area contributed by atoms with Crippen molar-refractivity contribution in [3.8, 4) is 16.9 Å². The van der Waals surface area contributed by atoms with Crippen LogP contribution in [0.4, 0.5) is 5.69 Å². The molecule has 0 aliphatic rings. The molecule has 0 spiro atoms. The summed E-state index contributed by atoms with van der Waals surface area (Å²) >= 11 is 0. The molecule has 1 heterocycles. The summed E-state index contributed by atoms with van der Waals surface area (Å²) in [6, 6.07) is 23.6. The SMILES string of the molecule is CCOc1ccc(-c2c[nH]c3cc(NCc4ccc(CC)cc4)ccc23)cc1. The largest absolute Gasteiger partial charge is 0.494 e. The van der Waals surface area contributed by atoms with Gasteiger partial charge >= 0.3 is 0 Å². The molecule has 0 saturated heterocycles. The Morgan fingerprint density at radius 1 is 0.857 bits per heavy atom.